The van der Waals surface area contributed by atoms with Crippen LogP contribution in [-0.4, -0.2) is 45.1 Å². The lowest BCUT2D eigenvalue weighted by molar-refractivity contribution is 0.0706. The van der Waals surface area contributed by atoms with Crippen LogP contribution in [0.5, 0.6) is 0 Å². The highest BCUT2D eigenvalue weighted by molar-refractivity contribution is 5.93. The SMILES string of the molecule is CN(C)Cc1ccc(-c2cn(Cc3ccc(C(=O)NO)cc3)nn2)cc1. The first-order valence-electron chi connectivity index (χ1n) is 8.22. The van der Waals surface area contributed by atoms with Crippen molar-refractivity contribution in [3.05, 3.63) is 71.4 Å². The van der Waals surface area contributed by atoms with Crippen molar-refractivity contribution < 1.29 is 10.0 Å². The Bertz CT molecular complexity index is 870. The van der Waals surface area contributed by atoms with E-state index in [1.807, 2.05) is 32.4 Å². The Labute approximate surface area is 151 Å². The molecular weight excluding hydrogens is 330 g/mol. The summed E-state index contributed by atoms with van der Waals surface area (Å²) in [5.41, 5.74) is 6.08. The molecule has 0 radical (unpaired) electrons. The Morgan fingerprint density at radius 2 is 1.73 bits per heavy atom. The molecule has 0 saturated heterocycles. The van der Waals surface area contributed by atoms with Gasteiger partial charge in [0.15, 0.2) is 0 Å². The zero-order chi connectivity index (χ0) is 18.5. The molecule has 0 fully saturated rings. The quantitative estimate of drug-likeness (QED) is 0.525. The average Bonchev–Trinajstić information content (AvgIpc) is 3.10. The molecule has 1 aromatic heterocycles. The van der Waals surface area contributed by atoms with Gasteiger partial charge in [0.05, 0.1) is 12.7 Å². The summed E-state index contributed by atoms with van der Waals surface area (Å²) in [6.07, 6.45) is 1.90. The topological polar surface area (TPSA) is 83.3 Å². The Morgan fingerprint density at radius 1 is 1.08 bits per heavy atom. The Balaban J connectivity index is 1.68. The lowest BCUT2D eigenvalue weighted by Gasteiger charge is -2.09. The third-order valence-electron chi connectivity index (χ3n) is 3.95. The largest absolute Gasteiger partial charge is 0.305 e. The summed E-state index contributed by atoms with van der Waals surface area (Å²) in [6.45, 7) is 1.45. The molecule has 2 N–H and O–H groups in total. The maximum Gasteiger partial charge on any atom is 0.274 e. The predicted octanol–water partition coefficient (Wildman–Crippen LogP) is 2.17. The van der Waals surface area contributed by atoms with Gasteiger partial charge >= 0.3 is 0 Å². The molecule has 2 aromatic carbocycles. The molecule has 1 heterocycles. The molecule has 0 aliphatic rings. The van der Waals surface area contributed by atoms with E-state index in [0.717, 1.165) is 23.4 Å². The van der Waals surface area contributed by atoms with E-state index < -0.39 is 5.91 Å². The van der Waals surface area contributed by atoms with Crippen LogP contribution in [0.3, 0.4) is 0 Å². The summed E-state index contributed by atoms with van der Waals surface area (Å²) < 4.78 is 1.75. The fourth-order valence-corrected chi connectivity index (χ4v) is 2.67. The molecule has 1 amide bonds. The molecule has 134 valence electrons. The van der Waals surface area contributed by atoms with Crippen LogP contribution in [0.25, 0.3) is 11.3 Å². The number of benzene rings is 2. The lowest BCUT2D eigenvalue weighted by Crippen LogP contribution is -2.18. The fraction of sp³-hybridized carbons (Fsp3) is 0.211. The number of rotatable bonds is 6. The zero-order valence-corrected chi connectivity index (χ0v) is 14.8. The molecule has 0 unspecified atom stereocenters. The van der Waals surface area contributed by atoms with Crippen LogP contribution in [0.15, 0.2) is 54.7 Å². The maximum absolute atomic E-state index is 11.3. The second-order valence-corrected chi connectivity index (χ2v) is 6.37. The fourth-order valence-electron chi connectivity index (χ4n) is 2.67. The number of nitrogens with zero attached hydrogens (tertiary/aromatic N) is 4. The molecule has 7 heteroatoms. The molecule has 26 heavy (non-hydrogen) atoms. The van der Waals surface area contributed by atoms with Gasteiger partial charge in [-0.15, -0.1) is 5.10 Å². The number of carbonyl (C=O) groups is 1. The van der Waals surface area contributed by atoms with Gasteiger partial charge in [-0.2, -0.15) is 0 Å². The van der Waals surface area contributed by atoms with Crippen LogP contribution in [0.4, 0.5) is 0 Å². The highest BCUT2D eigenvalue weighted by atomic mass is 16.5. The minimum Gasteiger partial charge on any atom is -0.305 e. The standard InChI is InChI=1S/C19H21N5O2/c1-23(2)11-14-3-7-16(8-4-14)18-13-24(22-20-18)12-15-5-9-17(10-6-15)19(25)21-26/h3-10,13,26H,11-12H2,1-2H3,(H,21,25). The van der Waals surface area contributed by atoms with Crippen molar-refractivity contribution in [1.82, 2.24) is 25.4 Å². The van der Waals surface area contributed by atoms with Crippen molar-refractivity contribution in [2.75, 3.05) is 14.1 Å². The average molecular weight is 351 g/mol. The molecule has 0 spiro atoms. The van der Waals surface area contributed by atoms with Gasteiger partial charge in [0.1, 0.15) is 5.69 Å². The third kappa shape index (κ3) is 4.33. The van der Waals surface area contributed by atoms with E-state index in [1.54, 1.807) is 22.3 Å². The van der Waals surface area contributed by atoms with Crippen LogP contribution in [0.1, 0.15) is 21.5 Å². The number of amides is 1. The number of hydroxylamine groups is 1. The molecule has 0 aliphatic carbocycles. The number of hydrogen-bond acceptors (Lipinski definition) is 5. The van der Waals surface area contributed by atoms with E-state index in [1.165, 1.54) is 5.56 Å². The second kappa shape index (κ2) is 7.90. The number of nitrogens with one attached hydrogen (secondary N) is 1. The van der Waals surface area contributed by atoms with Crippen molar-refractivity contribution in [2.24, 2.45) is 0 Å². The second-order valence-electron chi connectivity index (χ2n) is 6.37. The highest BCUT2D eigenvalue weighted by Gasteiger charge is 2.07. The molecule has 3 rings (SSSR count). The van der Waals surface area contributed by atoms with Crippen molar-refractivity contribution in [3.63, 3.8) is 0 Å². The number of aromatic nitrogens is 3. The Hall–Kier alpha value is -3.03. The van der Waals surface area contributed by atoms with E-state index >= 15 is 0 Å². The summed E-state index contributed by atoms with van der Waals surface area (Å²) >= 11 is 0. The van der Waals surface area contributed by atoms with Crippen LogP contribution in [0.2, 0.25) is 0 Å². The van der Waals surface area contributed by atoms with E-state index in [-0.39, 0.29) is 0 Å². The van der Waals surface area contributed by atoms with E-state index in [9.17, 15) is 4.79 Å². The Kier molecular flexibility index (Phi) is 5.40. The zero-order valence-electron chi connectivity index (χ0n) is 14.8. The molecule has 0 bridgehead atoms. The molecule has 7 nitrogen and oxygen atoms in total. The van der Waals surface area contributed by atoms with Gasteiger partial charge in [-0.25, -0.2) is 10.2 Å². The molecule has 0 atom stereocenters. The minimum atomic E-state index is -0.530. The maximum atomic E-state index is 11.3. The third-order valence-corrected chi connectivity index (χ3v) is 3.95. The van der Waals surface area contributed by atoms with Gasteiger partial charge in [-0.3, -0.25) is 10.0 Å². The van der Waals surface area contributed by atoms with Crippen molar-refractivity contribution >= 4 is 5.91 Å². The first kappa shape index (κ1) is 17.8. The summed E-state index contributed by atoms with van der Waals surface area (Å²) in [6, 6.07) is 15.2. The highest BCUT2D eigenvalue weighted by Crippen LogP contribution is 2.18. The van der Waals surface area contributed by atoms with Gasteiger partial charge in [0.25, 0.3) is 5.91 Å². The summed E-state index contributed by atoms with van der Waals surface area (Å²) in [4.78, 5) is 13.5. The van der Waals surface area contributed by atoms with Crippen molar-refractivity contribution in [3.8, 4) is 11.3 Å². The van der Waals surface area contributed by atoms with Gasteiger partial charge in [-0.05, 0) is 37.4 Å². The monoisotopic (exact) mass is 351 g/mol. The Morgan fingerprint density at radius 3 is 2.35 bits per heavy atom. The molecule has 0 saturated carbocycles. The summed E-state index contributed by atoms with van der Waals surface area (Å²) in [5.74, 6) is -0.530. The van der Waals surface area contributed by atoms with E-state index in [4.69, 9.17) is 5.21 Å². The minimum absolute atomic E-state index is 0.397. The molecule has 0 aliphatic heterocycles. The summed E-state index contributed by atoms with van der Waals surface area (Å²) in [5, 5.41) is 17.0. The number of carbonyl (C=O) groups excluding carboxylic acids is 1. The molecular formula is C19H21N5O2. The van der Waals surface area contributed by atoms with Gasteiger partial charge in [0, 0.05) is 17.7 Å². The van der Waals surface area contributed by atoms with Crippen LogP contribution in [-0.2, 0) is 13.1 Å². The first-order chi connectivity index (χ1) is 12.5. The van der Waals surface area contributed by atoms with Crippen LogP contribution < -0.4 is 5.48 Å². The van der Waals surface area contributed by atoms with Crippen molar-refractivity contribution in [1.29, 1.82) is 0 Å². The van der Waals surface area contributed by atoms with Crippen LogP contribution in [0, 0.1) is 0 Å². The normalized spacial score (nSPS) is 10.9. The summed E-state index contributed by atoms with van der Waals surface area (Å²) in [7, 11) is 4.09. The molecule has 3 aromatic rings. The van der Waals surface area contributed by atoms with E-state index in [0.29, 0.717) is 12.1 Å². The van der Waals surface area contributed by atoms with Gasteiger partial charge in [0.2, 0.25) is 0 Å². The van der Waals surface area contributed by atoms with Crippen LogP contribution >= 0.6 is 0 Å². The smallest absolute Gasteiger partial charge is 0.274 e. The predicted molar refractivity (Wildman–Crippen MR) is 97.6 cm³/mol. The van der Waals surface area contributed by atoms with Crippen molar-refractivity contribution in [2.45, 2.75) is 13.1 Å². The first-order valence-corrected chi connectivity index (χ1v) is 8.22. The van der Waals surface area contributed by atoms with Gasteiger partial charge in [-0.1, -0.05) is 41.6 Å². The van der Waals surface area contributed by atoms with E-state index in [2.05, 4.69) is 39.5 Å². The number of hydrogen-bond donors (Lipinski definition) is 2. The van der Waals surface area contributed by atoms with Gasteiger partial charge < -0.3 is 4.90 Å². The lowest BCUT2D eigenvalue weighted by atomic mass is 10.1.